The smallest absolute Gasteiger partial charge is 0.239 e. The summed E-state index contributed by atoms with van der Waals surface area (Å²) < 4.78 is 0. The topological polar surface area (TPSA) is 68.0 Å². The summed E-state index contributed by atoms with van der Waals surface area (Å²) in [6.07, 6.45) is 0. The van der Waals surface area contributed by atoms with Crippen LogP contribution in [0, 0.1) is 0 Å². The zero-order valence-corrected chi connectivity index (χ0v) is 13.4. The summed E-state index contributed by atoms with van der Waals surface area (Å²) in [6, 6.07) is 9.00. The number of hydrogen-bond donors (Lipinski definition) is 2. The highest BCUT2D eigenvalue weighted by molar-refractivity contribution is 7.09. The molecule has 1 aromatic heterocycles. The van der Waals surface area contributed by atoms with Crippen LogP contribution in [-0.4, -0.2) is 10.9 Å². The van der Waals surface area contributed by atoms with Gasteiger partial charge in [-0.25, -0.2) is 4.98 Å². The molecule has 0 saturated carbocycles. The zero-order valence-electron chi connectivity index (χ0n) is 12.6. The molecule has 1 aromatic carbocycles. The number of carbonyl (C=O) groups is 1. The van der Waals surface area contributed by atoms with Gasteiger partial charge in [0.25, 0.3) is 0 Å². The van der Waals surface area contributed by atoms with Crippen LogP contribution in [0.15, 0.2) is 35.7 Å². The van der Waals surface area contributed by atoms with E-state index in [1.54, 1.807) is 11.3 Å². The number of amides is 1. The molecule has 1 heterocycles. The standard InChI is InChI=1S/C16H21N3OS/c1-16(2,3)15-19-12(10-21-15)9-18-13(14(17)20)11-7-5-4-6-8-11/h4-8,10,13,18H,9H2,1-3H3,(H2,17,20). The number of nitrogens with zero attached hydrogens (tertiary/aromatic N) is 1. The predicted molar refractivity (Wildman–Crippen MR) is 86.0 cm³/mol. The summed E-state index contributed by atoms with van der Waals surface area (Å²) in [5.74, 6) is -0.382. The van der Waals surface area contributed by atoms with E-state index < -0.39 is 6.04 Å². The Morgan fingerprint density at radius 1 is 1.33 bits per heavy atom. The van der Waals surface area contributed by atoms with E-state index in [0.29, 0.717) is 6.54 Å². The lowest BCUT2D eigenvalue weighted by atomic mass is 9.98. The van der Waals surface area contributed by atoms with Gasteiger partial charge in [-0.05, 0) is 5.56 Å². The third-order valence-corrected chi connectivity index (χ3v) is 4.41. The van der Waals surface area contributed by atoms with Gasteiger partial charge in [-0.15, -0.1) is 11.3 Å². The van der Waals surface area contributed by atoms with Crippen LogP contribution in [0.2, 0.25) is 0 Å². The second kappa shape index (κ2) is 6.37. The van der Waals surface area contributed by atoms with Gasteiger partial charge in [-0.2, -0.15) is 0 Å². The fourth-order valence-corrected chi connectivity index (χ4v) is 2.87. The van der Waals surface area contributed by atoms with E-state index in [1.165, 1.54) is 0 Å². The first-order valence-electron chi connectivity index (χ1n) is 6.90. The summed E-state index contributed by atoms with van der Waals surface area (Å²) in [6.45, 7) is 6.94. The van der Waals surface area contributed by atoms with Crippen LogP contribution in [0.1, 0.15) is 43.1 Å². The molecule has 3 N–H and O–H groups in total. The van der Waals surface area contributed by atoms with Crippen molar-refractivity contribution in [2.45, 2.75) is 38.8 Å². The SMILES string of the molecule is CC(C)(C)c1nc(CNC(C(N)=O)c2ccccc2)cs1. The lowest BCUT2D eigenvalue weighted by Crippen LogP contribution is -2.33. The first kappa shape index (κ1) is 15.7. The normalized spacial score (nSPS) is 13.1. The Kier molecular flexibility index (Phi) is 4.75. The number of nitrogens with two attached hydrogens (primary N) is 1. The molecule has 0 aliphatic rings. The Bertz CT molecular complexity index is 601. The van der Waals surface area contributed by atoms with Crippen molar-refractivity contribution in [2.75, 3.05) is 0 Å². The molecule has 0 fully saturated rings. The number of rotatable bonds is 5. The van der Waals surface area contributed by atoms with Gasteiger partial charge in [0, 0.05) is 17.3 Å². The van der Waals surface area contributed by atoms with Crippen molar-refractivity contribution in [3.8, 4) is 0 Å². The molecular formula is C16H21N3OS. The molecule has 0 bridgehead atoms. The van der Waals surface area contributed by atoms with Gasteiger partial charge >= 0.3 is 0 Å². The van der Waals surface area contributed by atoms with Gasteiger partial charge in [0.1, 0.15) is 6.04 Å². The summed E-state index contributed by atoms with van der Waals surface area (Å²) >= 11 is 1.65. The van der Waals surface area contributed by atoms with Crippen molar-refractivity contribution in [3.63, 3.8) is 0 Å². The number of carbonyl (C=O) groups excluding carboxylic acids is 1. The molecule has 0 saturated heterocycles. The second-order valence-corrected chi connectivity index (χ2v) is 6.88. The van der Waals surface area contributed by atoms with E-state index in [9.17, 15) is 4.79 Å². The van der Waals surface area contributed by atoms with E-state index >= 15 is 0 Å². The second-order valence-electron chi connectivity index (χ2n) is 6.02. The highest BCUT2D eigenvalue weighted by Gasteiger charge is 2.20. The maximum absolute atomic E-state index is 11.6. The van der Waals surface area contributed by atoms with Gasteiger partial charge < -0.3 is 5.73 Å². The first-order valence-corrected chi connectivity index (χ1v) is 7.78. The highest BCUT2D eigenvalue weighted by atomic mass is 32.1. The van der Waals surface area contributed by atoms with Crippen molar-refractivity contribution in [3.05, 3.63) is 52.0 Å². The third kappa shape index (κ3) is 4.12. The van der Waals surface area contributed by atoms with Crippen molar-refractivity contribution >= 4 is 17.2 Å². The molecule has 1 unspecified atom stereocenters. The summed E-state index contributed by atoms with van der Waals surface area (Å²) in [5.41, 5.74) is 7.34. The third-order valence-electron chi connectivity index (χ3n) is 3.10. The van der Waals surface area contributed by atoms with Gasteiger partial charge in [0.2, 0.25) is 5.91 Å². The molecule has 0 aliphatic heterocycles. The number of primary amides is 1. The molecule has 4 nitrogen and oxygen atoms in total. The maximum Gasteiger partial charge on any atom is 0.239 e. The lowest BCUT2D eigenvalue weighted by molar-refractivity contribution is -0.120. The van der Waals surface area contributed by atoms with Gasteiger partial charge in [0.05, 0.1) is 10.7 Å². The van der Waals surface area contributed by atoms with Crippen molar-refractivity contribution in [1.29, 1.82) is 0 Å². The molecule has 2 rings (SSSR count). The molecule has 0 radical (unpaired) electrons. The molecule has 1 amide bonds. The first-order chi connectivity index (χ1) is 9.88. The molecule has 112 valence electrons. The fraction of sp³-hybridized carbons (Fsp3) is 0.375. The largest absolute Gasteiger partial charge is 0.368 e. The van der Waals surface area contributed by atoms with Crippen molar-refractivity contribution < 1.29 is 4.79 Å². The fourth-order valence-electron chi connectivity index (χ4n) is 1.97. The van der Waals surface area contributed by atoms with E-state index in [-0.39, 0.29) is 11.3 Å². The molecular weight excluding hydrogens is 282 g/mol. The summed E-state index contributed by atoms with van der Waals surface area (Å²) in [4.78, 5) is 16.2. The molecule has 21 heavy (non-hydrogen) atoms. The number of aromatic nitrogens is 1. The quantitative estimate of drug-likeness (QED) is 0.892. The average molecular weight is 303 g/mol. The summed E-state index contributed by atoms with van der Waals surface area (Å²) in [7, 11) is 0. The van der Waals surface area contributed by atoms with Gasteiger partial charge in [-0.3, -0.25) is 10.1 Å². The molecule has 5 heteroatoms. The number of nitrogens with one attached hydrogen (secondary N) is 1. The molecule has 0 spiro atoms. The van der Waals surface area contributed by atoms with Crippen LogP contribution < -0.4 is 11.1 Å². The summed E-state index contributed by atoms with van der Waals surface area (Å²) in [5, 5.41) is 6.30. The van der Waals surface area contributed by atoms with Crippen LogP contribution in [-0.2, 0) is 16.8 Å². The Hall–Kier alpha value is -1.72. The van der Waals surface area contributed by atoms with Crippen LogP contribution in [0.25, 0.3) is 0 Å². The average Bonchev–Trinajstić information content (AvgIpc) is 2.88. The number of hydrogen-bond acceptors (Lipinski definition) is 4. The Balaban J connectivity index is 2.06. The zero-order chi connectivity index (χ0) is 15.5. The minimum absolute atomic E-state index is 0.0471. The highest BCUT2D eigenvalue weighted by Crippen LogP contribution is 2.25. The minimum Gasteiger partial charge on any atom is -0.368 e. The predicted octanol–water partition coefficient (Wildman–Crippen LogP) is 2.76. The van der Waals surface area contributed by atoms with Crippen LogP contribution in [0.4, 0.5) is 0 Å². The van der Waals surface area contributed by atoms with Crippen LogP contribution >= 0.6 is 11.3 Å². The molecule has 1 atom stereocenters. The molecule has 0 aliphatic carbocycles. The van der Waals surface area contributed by atoms with Gasteiger partial charge in [-0.1, -0.05) is 51.1 Å². The minimum atomic E-state index is -0.494. The van der Waals surface area contributed by atoms with E-state index in [2.05, 4.69) is 31.1 Å². The van der Waals surface area contributed by atoms with E-state index in [0.717, 1.165) is 16.3 Å². The molecule has 2 aromatic rings. The monoisotopic (exact) mass is 303 g/mol. The Morgan fingerprint density at radius 2 is 2.00 bits per heavy atom. The van der Waals surface area contributed by atoms with E-state index in [4.69, 9.17) is 5.73 Å². The van der Waals surface area contributed by atoms with Crippen LogP contribution in [0.5, 0.6) is 0 Å². The van der Waals surface area contributed by atoms with Crippen LogP contribution in [0.3, 0.4) is 0 Å². The van der Waals surface area contributed by atoms with Gasteiger partial charge in [0.15, 0.2) is 0 Å². The number of benzene rings is 1. The maximum atomic E-state index is 11.6. The van der Waals surface area contributed by atoms with Crippen molar-refractivity contribution in [1.82, 2.24) is 10.3 Å². The lowest BCUT2D eigenvalue weighted by Gasteiger charge is -2.15. The number of thiazole rings is 1. The Morgan fingerprint density at radius 3 is 2.52 bits per heavy atom. The van der Waals surface area contributed by atoms with Crippen molar-refractivity contribution in [2.24, 2.45) is 5.73 Å². The Labute approximate surface area is 129 Å². The van der Waals surface area contributed by atoms with E-state index in [1.807, 2.05) is 35.7 Å².